The third kappa shape index (κ3) is 5.64. The number of hydrogen-bond acceptors (Lipinski definition) is 7. The number of amides is 1. The first-order chi connectivity index (χ1) is 16.5. The Kier molecular flexibility index (Phi) is 8.63. The van der Waals surface area contributed by atoms with Crippen LogP contribution in [0, 0.1) is 0 Å². The Morgan fingerprint density at radius 3 is 2.71 bits per heavy atom. The van der Waals surface area contributed by atoms with Crippen molar-refractivity contribution in [2.75, 3.05) is 52.3 Å². The van der Waals surface area contributed by atoms with Crippen LogP contribution in [0.2, 0.25) is 0 Å². The molecule has 4 rings (SSSR count). The van der Waals surface area contributed by atoms with Crippen LogP contribution in [0.5, 0.6) is 0 Å². The molecule has 1 saturated carbocycles. The van der Waals surface area contributed by atoms with Crippen LogP contribution in [-0.4, -0.2) is 78.2 Å². The number of fused-ring (bicyclic) bond motifs is 1. The molecule has 0 radical (unpaired) electrons. The summed E-state index contributed by atoms with van der Waals surface area (Å²) in [4.78, 5) is 33.4. The van der Waals surface area contributed by atoms with Crippen molar-refractivity contribution >= 4 is 28.6 Å². The number of carbonyl (C=O) groups excluding carboxylic acids is 1. The van der Waals surface area contributed by atoms with Crippen LogP contribution >= 0.6 is 11.8 Å². The van der Waals surface area contributed by atoms with Crippen molar-refractivity contribution in [3.05, 3.63) is 34.6 Å². The highest BCUT2D eigenvalue weighted by Gasteiger charge is 2.38. The minimum Gasteiger partial charge on any atom is -0.383 e. The van der Waals surface area contributed by atoms with Crippen LogP contribution < -0.4 is 10.9 Å². The van der Waals surface area contributed by atoms with E-state index in [0.717, 1.165) is 39.1 Å². The molecule has 1 aliphatic heterocycles. The summed E-state index contributed by atoms with van der Waals surface area (Å²) in [6.45, 7) is 6.35. The molecule has 2 heterocycles. The second kappa shape index (κ2) is 11.7. The number of aromatic nitrogens is 2. The van der Waals surface area contributed by atoms with Crippen molar-refractivity contribution in [2.45, 2.75) is 55.8 Å². The first-order valence-corrected chi connectivity index (χ1v) is 13.3. The van der Waals surface area contributed by atoms with Gasteiger partial charge in [0.2, 0.25) is 5.91 Å². The quantitative estimate of drug-likeness (QED) is 0.429. The largest absolute Gasteiger partial charge is 0.383 e. The highest BCUT2D eigenvalue weighted by atomic mass is 32.2. The molecule has 0 bridgehead atoms. The molecular weight excluding hydrogens is 452 g/mol. The molecule has 1 N–H and O–H groups in total. The number of thioether (sulfide) groups is 1. The molecule has 8 nitrogen and oxygen atoms in total. The highest BCUT2D eigenvalue weighted by molar-refractivity contribution is 7.99. The summed E-state index contributed by atoms with van der Waals surface area (Å²) in [5.41, 5.74) is 0.565. The van der Waals surface area contributed by atoms with E-state index in [1.54, 1.807) is 17.7 Å². The topological polar surface area (TPSA) is 85.7 Å². The molecule has 1 amide bonds. The van der Waals surface area contributed by atoms with Crippen molar-refractivity contribution in [1.29, 1.82) is 0 Å². The summed E-state index contributed by atoms with van der Waals surface area (Å²) < 4.78 is 12.5. The standard InChI is InChI=1S/C25H36N4O4S/c1-19(16-32-2)29-23(31)20-8-4-5-9-21(20)27-24(29)34-17-22(30)26-18-25(10-6-3-7-11-25)28-12-14-33-15-13-28/h4-5,8-9,19H,3,6-7,10-18H2,1-2H3,(H,26,30). The van der Waals surface area contributed by atoms with E-state index in [4.69, 9.17) is 14.5 Å². The Labute approximate surface area is 205 Å². The van der Waals surface area contributed by atoms with E-state index in [0.29, 0.717) is 29.2 Å². The van der Waals surface area contributed by atoms with Gasteiger partial charge in [-0.3, -0.25) is 19.1 Å². The number of nitrogens with one attached hydrogen (secondary N) is 1. The summed E-state index contributed by atoms with van der Waals surface area (Å²) in [6, 6.07) is 7.14. The third-order valence-electron chi connectivity index (χ3n) is 7.04. The fraction of sp³-hybridized carbons (Fsp3) is 0.640. The number of methoxy groups -OCH3 is 1. The summed E-state index contributed by atoms with van der Waals surface area (Å²) in [5.74, 6) is 0.181. The predicted molar refractivity (Wildman–Crippen MR) is 135 cm³/mol. The van der Waals surface area contributed by atoms with Gasteiger partial charge < -0.3 is 14.8 Å². The van der Waals surface area contributed by atoms with Gasteiger partial charge in [0.25, 0.3) is 5.56 Å². The Hall–Kier alpha value is -1.94. The van der Waals surface area contributed by atoms with Crippen LogP contribution in [0.4, 0.5) is 0 Å². The fourth-order valence-electron chi connectivity index (χ4n) is 5.23. The fourth-order valence-corrected chi connectivity index (χ4v) is 6.16. The number of hydrogen-bond donors (Lipinski definition) is 1. The molecule has 1 atom stereocenters. The lowest BCUT2D eigenvalue weighted by Gasteiger charge is -2.48. The van der Waals surface area contributed by atoms with Crippen molar-refractivity contribution < 1.29 is 14.3 Å². The van der Waals surface area contributed by atoms with Crippen molar-refractivity contribution in [2.24, 2.45) is 0 Å². The van der Waals surface area contributed by atoms with Gasteiger partial charge in [-0.1, -0.05) is 43.2 Å². The Morgan fingerprint density at radius 1 is 1.24 bits per heavy atom. The first kappa shape index (κ1) is 25.2. The van der Waals surface area contributed by atoms with Crippen molar-refractivity contribution in [3.63, 3.8) is 0 Å². The van der Waals surface area contributed by atoms with Crippen molar-refractivity contribution in [1.82, 2.24) is 19.8 Å². The van der Waals surface area contributed by atoms with Gasteiger partial charge in [-0.25, -0.2) is 4.98 Å². The molecule has 186 valence electrons. The molecule has 34 heavy (non-hydrogen) atoms. The molecular formula is C25H36N4O4S. The summed E-state index contributed by atoms with van der Waals surface area (Å²) in [7, 11) is 1.62. The molecule has 9 heteroatoms. The zero-order chi connectivity index (χ0) is 24.0. The lowest BCUT2D eigenvalue weighted by Crippen LogP contribution is -2.59. The summed E-state index contributed by atoms with van der Waals surface area (Å²) >= 11 is 1.31. The molecule has 2 fully saturated rings. The zero-order valence-electron chi connectivity index (χ0n) is 20.3. The van der Waals surface area contributed by atoms with Crippen LogP contribution in [0.15, 0.2) is 34.2 Å². The minimum atomic E-state index is -0.188. The highest BCUT2D eigenvalue weighted by Crippen LogP contribution is 2.34. The van der Waals surface area contributed by atoms with E-state index in [1.807, 2.05) is 25.1 Å². The number of morpholine rings is 1. The molecule has 0 spiro atoms. The lowest BCUT2D eigenvalue weighted by molar-refractivity contribution is -0.119. The van der Waals surface area contributed by atoms with E-state index in [-0.39, 0.29) is 28.8 Å². The van der Waals surface area contributed by atoms with Gasteiger partial charge in [-0.05, 0) is 31.9 Å². The van der Waals surface area contributed by atoms with Crippen LogP contribution in [-0.2, 0) is 14.3 Å². The molecule has 2 aliphatic rings. The smallest absolute Gasteiger partial charge is 0.262 e. The second-order valence-corrected chi connectivity index (χ2v) is 10.3. The average molecular weight is 489 g/mol. The second-order valence-electron chi connectivity index (χ2n) is 9.34. The van der Waals surface area contributed by atoms with Gasteiger partial charge in [0.05, 0.1) is 42.5 Å². The van der Waals surface area contributed by atoms with Gasteiger partial charge in [0, 0.05) is 32.3 Å². The summed E-state index contributed by atoms with van der Waals surface area (Å²) in [6.07, 6.45) is 5.89. The maximum Gasteiger partial charge on any atom is 0.262 e. The van der Waals surface area contributed by atoms with E-state index in [2.05, 4.69) is 10.2 Å². The molecule has 1 saturated heterocycles. The van der Waals surface area contributed by atoms with Gasteiger partial charge in [-0.15, -0.1) is 0 Å². The monoisotopic (exact) mass is 488 g/mol. The first-order valence-electron chi connectivity index (χ1n) is 12.3. The maximum absolute atomic E-state index is 13.2. The SMILES string of the molecule is COCC(C)n1c(SCC(=O)NCC2(N3CCOCC3)CCCCC2)nc2ccccc2c1=O. The number of nitrogens with zero attached hydrogens (tertiary/aromatic N) is 3. The number of benzene rings is 1. The van der Waals surface area contributed by atoms with E-state index < -0.39 is 0 Å². The normalized spacial score (nSPS) is 19.7. The molecule has 1 aromatic carbocycles. The number of ether oxygens (including phenoxy) is 2. The Bertz CT molecular complexity index is 1030. The van der Waals surface area contributed by atoms with Crippen molar-refractivity contribution in [3.8, 4) is 0 Å². The lowest BCUT2D eigenvalue weighted by atomic mass is 9.79. The minimum absolute atomic E-state index is 0.0264. The van der Waals surface area contributed by atoms with Crippen LogP contribution in [0.3, 0.4) is 0 Å². The molecule has 1 aromatic heterocycles. The maximum atomic E-state index is 13.2. The number of para-hydroxylation sites is 1. The van der Waals surface area contributed by atoms with Gasteiger partial charge in [-0.2, -0.15) is 0 Å². The van der Waals surface area contributed by atoms with Crippen LogP contribution in [0.1, 0.15) is 45.1 Å². The van der Waals surface area contributed by atoms with Crippen LogP contribution in [0.25, 0.3) is 10.9 Å². The van der Waals surface area contributed by atoms with Gasteiger partial charge >= 0.3 is 0 Å². The zero-order valence-corrected chi connectivity index (χ0v) is 21.1. The Morgan fingerprint density at radius 2 is 1.97 bits per heavy atom. The molecule has 1 unspecified atom stereocenters. The van der Waals surface area contributed by atoms with Gasteiger partial charge in [0.1, 0.15) is 0 Å². The number of rotatable bonds is 9. The number of carbonyl (C=O) groups is 1. The molecule has 1 aliphatic carbocycles. The van der Waals surface area contributed by atoms with E-state index in [1.165, 1.54) is 31.0 Å². The predicted octanol–water partition coefficient (Wildman–Crippen LogP) is 2.85. The van der Waals surface area contributed by atoms with E-state index in [9.17, 15) is 9.59 Å². The average Bonchev–Trinajstić information content (AvgIpc) is 2.87. The van der Waals surface area contributed by atoms with E-state index >= 15 is 0 Å². The Balaban J connectivity index is 1.46. The molecule has 2 aromatic rings. The summed E-state index contributed by atoms with van der Waals surface area (Å²) in [5, 5.41) is 4.32. The third-order valence-corrected chi connectivity index (χ3v) is 7.99. The van der Waals surface area contributed by atoms with Gasteiger partial charge in [0.15, 0.2) is 5.16 Å².